The Kier molecular flexibility index (Phi) is 4.56. The third-order valence-corrected chi connectivity index (χ3v) is 4.24. The van der Waals surface area contributed by atoms with Crippen LogP contribution in [0.1, 0.15) is 31.9 Å². The van der Waals surface area contributed by atoms with Crippen molar-refractivity contribution in [1.29, 1.82) is 0 Å². The minimum absolute atomic E-state index is 0.301. The Labute approximate surface area is 132 Å². The Balaban J connectivity index is 2.16. The van der Waals surface area contributed by atoms with Gasteiger partial charge in [0.25, 0.3) is 0 Å². The van der Waals surface area contributed by atoms with Gasteiger partial charge in [0.15, 0.2) is 0 Å². The van der Waals surface area contributed by atoms with Gasteiger partial charge >= 0.3 is 0 Å². The largest absolute Gasteiger partial charge is 0.386 e. The Morgan fingerprint density at radius 3 is 2.50 bits per heavy atom. The first-order valence-corrected chi connectivity index (χ1v) is 7.57. The van der Waals surface area contributed by atoms with Crippen LogP contribution in [0.3, 0.4) is 0 Å². The molecule has 0 aliphatic heterocycles. The number of anilines is 1. The van der Waals surface area contributed by atoms with E-state index in [1.165, 1.54) is 17.5 Å². The molecular formula is C17H26N4O. The Morgan fingerprint density at radius 1 is 1.23 bits per heavy atom. The normalized spacial score (nSPS) is 14.6. The van der Waals surface area contributed by atoms with Crippen LogP contribution in [0.5, 0.6) is 0 Å². The summed E-state index contributed by atoms with van der Waals surface area (Å²) in [6, 6.07) is 6.27. The van der Waals surface area contributed by atoms with E-state index in [0.717, 1.165) is 5.69 Å². The first-order chi connectivity index (χ1) is 10.2. The highest BCUT2D eigenvalue weighted by atomic mass is 16.3. The molecule has 0 amide bonds. The second-order valence-corrected chi connectivity index (χ2v) is 7.05. The number of rotatable bonds is 5. The molecule has 1 aromatic heterocycles. The van der Waals surface area contributed by atoms with Crippen molar-refractivity contribution in [3.05, 3.63) is 42.0 Å². The van der Waals surface area contributed by atoms with Gasteiger partial charge < -0.3 is 10.4 Å². The maximum atomic E-state index is 11.2. The van der Waals surface area contributed by atoms with E-state index in [9.17, 15) is 5.11 Å². The number of hydrogen-bond donors (Lipinski definition) is 2. The average Bonchev–Trinajstić information content (AvgIpc) is 2.89. The fourth-order valence-corrected chi connectivity index (χ4v) is 2.39. The third kappa shape index (κ3) is 3.65. The number of hydrogen-bond acceptors (Lipinski definition) is 4. The van der Waals surface area contributed by atoms with E-state index >= 15 is 0 Å². The quantitative estimate of drug-likeness (QED) is 0.891. The zero-order valence-corrected chi connectivity index (χ0v) is 14.1. The molecule has 1 aromatic carbocycles. The van der Waals surface area contributed by atoms with E-state index in [0.29, 0.717) is 13.1 Å². The minimum Gasteiger partial charge on any atom is -0.386 e. The molecule has 5 nitrogen and oxygen atoms in total. The number of aliphatic hydroxyl groups is 1. The molecule has 5 heteroatoms. The van der Waals surface area contributed by atoms with Gasteiger partial charge in [-0.2, -0.15) is 5.10 Å². The number of aromatic nitrogens is 3. The Morgan fingerprint density at radius 2 is 1.95 bits per heavy atom. The summed E-state index contributed by atoms with van der Waals surface area (Å²) in [4.78, 5) is 3.95. The zero-order chi connectivity index (χ0) is 16.4. The molecule has 0 fully saturated rings. The standard InChI is InChI=1S/C17H26N4O/c1-13-6-7-15(14(2)8-13)19-9-17(22,16(3,4)5)10-21-12-18-11-20-21/h6-8,11-12,19,22H,9-10H2,1-5H3. The van der Waals surface area contributed by atoms with Crippen LogP contribution in [-0.2, 0) is 6.54 Å². The minimum atomic E-state index is -0.946. The maximum Gasteiger partial charge on any atom is 0.137 e. The molecule has 0 saturated heterocycles. The van der Waals surface area contributed by atoms with Crippen LogP contribution in [-0.4, -0.2) is 32.0 Å². The van der Waals surface area contributed by atoms with Crippen LogP contribution in [0.25, 0.3) is 0 Å². The van der Waals surface area contributed by atoms with Gasteiger partial charge in [0.1, 0.15) is 18.3 Å². The molecule has 1 unspecified atom stereocenters. The van der Waals surface area contributed by atoms with Crippen LogP contribution in [0.4, 0.5) is 5.69 Å². The van der Waals surface area contributed by atoms with E-state index < -0.39 is 5.60 Å². The Bertz CT molecular complexity index is 616. The van der Waals surface area contributed by atoms with Crippen molar-refractivity contribution >= 4 is 5.69 Å². The van der Waals surface area contributed by atoms with Gasteiger partial charge in [-0.05, 0) is 30.9 Å². The molecular weight excluding hydrogens is 276 g/mol. The van der Waals surface area contributed by atoms with Crippen molar-refractivity contribution in [1.82, 2.24) is 14.8 Å². The van der Waals surface area contributed by atoms with Gasteiger partial charge in [-0.1, -0.05) is 38.5 Å². The summed E-state index contributed by atoms with van der Waals surface area (Å²) in [5, 5.41) is 18.7. The van der Waals surface area contributed by atoms with E-state index in [4.69, 9.17) is 0 Å². The highest BCUT2D eigenvalue weighted by Crippen LogP contribution is 2.32. The van der Waals surface area contributed by atoms with E-state index in [1.807, 2.05) is 20.8 Å². The van der Waals surface area contributed by atoms with E-state index in [-0.39, 0.29) is 5.41 Å². The molecule has 2 N–H and O–H groups in total. The molecule has 120 valence electrons. The van der Waals surface area contributed by atoms with Crippen molar-refractivity contribution in [3.63, 3.8) is 0 Å². The molecule has 1 atom stereocenters. The second kappa shape index (κ2) is 6.08. The summed E-state index contributed by atoms with van der Waals surface area (Å²) in [5.41, 5.74) is 2.21. The van der Waals surface area contributed by atoms with Gasteiger partial charge in [0.2, 0.25) is 0 Å². The predicted molar refractivity (Wildman–Crippen MR) is 88.8 cm³/mol. The van der Waals surface area contributed by atoms with Crippen molar-refractivity contribution in [2.45, 2.75) is 46.8 Å². The number of nitrogens with one attached hydrogen (secondary N) is 1. The summed E-state index contributed by atoms with van der Waals surface area (Å²) in [6.45, 7) is 11.1. The average molecular weight is 302 g/mol. The molecule has 22 heavy (non-hydrogen) atoms. The molecule has 0 bridgehead atoms. The maximum absolute atomic E-state index is 11.2. The lowest BCUT2D eigenvalue weighted by atomic mass is 9.76. The van der Waals surface area contributed by atoms with Crippen LogP contribution < -0.4 is 5.32 Å². The smallest absolute Gasteiger partial charge is 0.137 e. The third-order valence-electron chi connectivity index (χ3n) is 4.24. The topological polar surface area (TPSA) is 63.0 Å². The fourth-order valence-electron chi connectivity index (χ4n) is 2.39. The monoisotopic (exact) mass is 302 g/mol. The van der Waals surface area contributed by atoms with Crippen molar-refractivity contribution in [2.75, 3.05) is 11.9 Å². The van der Waals surface area contributed by atoms with E-state index in [1.54, 1.807) is 11.0 Å². The van der Waals surface area contributed by atoms with Gasteiger partial charge in [0, 0.05) is 12.2 Å². The van der Waals surface area contributed by atoms with Crippen LogP contribution >= 0.6 is 0 Å². The SMILES string of the molecule is Cc1ccc(NCC(O)(Cn2cncn2)C(C)(C)C)c(C)c1. The number of nitrogens with zero attached hydrogens (tertiary/aromatic N) is 3. The van der Waals surface area contributed by atoms with Crippen LogP contribution in [0, 0.1) is 19.3 Å². The van der Waals surface area contributed by atoms with Crippen LogP contribution in [0.2, 0.25) is 0 Å². The highest BCUT2D eigenvalue weighted by Gasteiger charge is 2.40. The van der Waals surface area contributed by atoms with Gasteiger partial charge in [-0.3, -0.25) is 0 Å². The number of benzene rings is 1. The first-order valence-electron chi connectivity index (χ1n) is 7.57. The van der Waals surface area contributed by atoms with Gasteiger partial charge in [0.05, 0.1) is 6.54 Å². The summed E-state index contributed by atoms with van der Waals surface area (Å²) >= 11 is 0. The summed E-state index contributed by atoms with van der Waals surface area (Å²) < 4.78 is 1.68. The molecule has 0 radical (unpaired) electrons. The molecule has 0 aliphatic rings. The first kappa shape index (κ1) is 16.5. The second-order valence-electron chi connectivity index (χ2n) is 7.05. The predicted octanol–water partition coefficient (Wildman–Crippen LogP) is 2.78. The lowest BCUT2D eigenvalue weighted by molar-refractivity contribution is -0.0619. The lowest BCUT2D eigenvalue weighted by Crippen LogP contribution is -2.51. The molecule has 0 aliphatic carbocycles. The Hall–Kier alpha value is -1.88. The van der Waals surface area contributed by atoms with Crippen molar-refractivity contribution < 1.29 is 5.11 Å². The summed E-state index contributed by atoms with van der Waals surface area (Å²) in [5.74, 6) is 0. The van der Waals surface area contributed by atoms with Gasteiger partial charge in [-0.25, -0.2) is 9.67 Å². The molecule has 0 saturated carbocycles. The van der Waals surface area contributed by atoms with E-state index in [2.05, 4.69) is 47.4 Å². The van der Waals surface area contributed by atoms with Crippen molar-refractivity contribution in [3.8, 4) is 0 Å². The zero-order valence-electron chi connectivity index (χ0n) is 14.1. The lowest BCUT2D eigenvalue weighted by Gasteiger charge is -2.40. The summed E-state index contributed by atoms with van der Waals surface area (Å²) in [7, 11) is 0. The molecule has 1 heterocycles. The molecule has 2 aromatic rings. The number of aryl methyl sites for hydroxylation is 2. The van der Waals surface area contributed by atoms with Gasteiger partial charge in [-0.15, -0.1) is 0 Å². The van der Waals surface area contributed by atoms with Crippen LogP contribution in [0.15, 0.2) is 30.9 Å². The fraction of sp³-hybridized carbons (Fsp3) is 0.529. The molecule has 2 rings (SSSR count). The van der Waals surface area contributed by atoms with Crippen molar-refractivity contribution in [2.24, 2.45) is 5.41 Å². The summed E-state index contributed by atoms with van der Waals surface area (Å²) in [6.07, 6.45) is 3.12. The molecule has 0 spiro atoms. The highest BCUT2D eigenvalue weighted by molar-refractivity contribution is 5.52.